The summed E-state index contributed by atoms with van der Waals surface area (Å²) in [6.45, 7) is 7.42. The Balaban J connectivity index is 1.07. The lowest BCUT2D eigenvalue weighted by molar-refractivity contribution is -0.142. The summed E-state index contributed by atoms with van der Waals surface area (Å²) < 4.78 is 6.03. The zero-order valence-electron chi connectivity index (χ0n) is 27.3. The Kier molecular flexibility index (Phi) is 11.2. The smallest absolute Gasteiger partial charge is 0.410 e. The summed E-state index contributed by atoms with van der Waals surface area (Å²) in [7, 11) is 0. The number of likely N-dealkylation sites (tertiary alicyclic amines) is 3. The van der Waals surface area contributed by atoms with Crippen LogP contribution in [0.15, 0.2) is 42.5 Å². The number of carbonyl (C=O) groups is 3. The molecule has 4 aliphatic heterocycles. The number of ether oxygens (including phenoxy) is 1. The molecule has 4 heterocycles. The van der Waals surface area contributed by atoms with Crippen molar-refractivity contribution in [3.8, 4) is 0 Å². The Labute approximate surface area is 288 Å². The van der Waals surface area contributed by atoms with Gasteiger partial charge in [0.2, 0.25) is 0 Å². The number of urea groups is 1. The molecule has 0 spiro atoms. The number of nitrogens with zero attached hydrogens (tertiary/aromatic N) is 4. The number of piperidine rings is 2. The van der Waals surface area contributed by atoms with Gasteiger partial charge in [-0.2, -0.15) is 0 Å². The first-order valence-electron chi connectivity index (χ1n) is 17.3. The van der Waals surface area contributed by atoms with Crippen LogP contribution in [0.25, 0.3) is 0 Å². The van der Waals surface area contributed by atoms with Crippen molar-refractivity contribution < 1.29 is 19.1 Å². The molecule has 0 aliphatic carbocycles. The zero-order chi connectivity index (χ0) is 32.9. The largest absolute Gasteiger partial charge is 0.436 e. The molecular formula is C36H47Cl2N5O4. The highest BCUT2D eigenvalue weighted by Crippen LogP contribution is 2.27. The Morgan fingerprint density at radius 1 is 0.851 bits per heavy atom. The fraction of sp³-hybridized carbons (Fsp3) is 0.583. The Morgan fingerprint density at radius 3 is 2.28 bits per heavy atom. The fourth-order valence-corrected chi connectivity index (χ4v) is 8.29. The molecule has 0 saturated carbocycles. The average Bonchev–Trinajstić information content (AvgIpc) is 3.38. The molecular weight excluding hydrogens is 637 g/mol. The number of halogens is 2. The number of amides is 4. The number of rotatable bonds is 6. The maximum absolute atomic E-state index is 14.0. The third-order valence-corrected chi connectivity index (χ3v) is 10.9. The number of anilines is 1. The van der Waals surface area contributed by atoms with Crippen molar-refractivity contribution in [2.75, 3.05) is 51.1 Å². The van der Waals surface area contributed by atoms with E-state index in [1.54, 1.807) is 23.1 Å². The van der Waals surface area contributed by atoms with Gasteiger partial charge >= 0.3 is 12.1 Å². The highest BCUT2D eigenvalue weighted by molar-refractivity contribution is 6.34. The van der Waals surface area contributed by atoms with Crippen molar-refractivity contribution in [1.82, 2.24) is 19.6 Å². The van der Waals surface area contributed by atoms with Crippen LogP contribution in [-0.4, -0.2) is 102 Å². The monoisotopic (exact) mass is 683 g/mol. The van der Waals surface area contributed by atoms with E-state index < -0.39 is 12.2 Å². The van der Waals surface area contributed by atoms with Crippen molar-refractivity contribution in [3.63, 3.8) is 0 Å². The zero-order valence-corrected chi connectivity index (χ0v) is 28.9. The molecule has 3 fully saturated rings. The van der Waals surface area contributed by atoms with E-state index in [1.807, 2.05) is 34.1 Å². The summed E-state index contributed by atoms with van der Waals surface area (Å²) in [6, 6.07) is 13.5. The maximum Gasteiger partial charge on any atom is 0.410 e. The van der Waals surface area contributed by atoms with Crippen LogP contribution in [0.3, 0.4) is 0 Å². The lowest BCUT2D eigenvalue weighted by Gasteiger charge is -2.40. The van der Waals surface area contributed by atoms with Crippen molar-refractivity contribution in [1.29, 1.82) is 0 Å². The van der Waals surface area contributed by atoms with Crippen LogP contribution in [-0.2, 0) is 22.4 Å². The SMILES string of the molecule is CC1CCCN(C2CCN(C(=O)[C@@H](Cc3cc(Cl)cc(Cl)c3)OC(=O)N3CCC(N4CCc5ccccc5NC4=O)CC3)CC2)CC1. The van der Waals surface area contributed by atoms with E-state index in [2.05, 4.69) is 17.1 Å². The fourth-order valence-electron chi connectivity index (χ4n) is 7.72. The number of hydrogen-bond acceptors (Lipinski definition) is 5. The van der Waals surface area contributed by atoms with Crippen LogP contribution in [0, 0.1) is 5.92 Å². The topological polar surface area (TPSA) is 85.4 Å². The predicted octanol–water partition coefficient (Wildman–Crippen LogP) is 6.71. The van der Waals surface area contributed by atoms with Gasteiger partial charge in [-0.15, -0.1) is 0 Å². The molecule has 47 heavy (non-hydrogen) atoms. The molecule has 2 aromatic carbocycles. The van der Waals surface area contributed by atoms with Crippen molar-refractivity contribution in [2.45, 2.75) is 82.9 Å². The predicted molar refractivity (Wildman–Crippen MR) is 185 cm³/mol. The van der Waals surface area contributed by atoms with Gasteiger partial charge in [0.1, 0.15) is 0 Å². The van der Waals surface area contributed by atoms with Gasteiger partial charge in [0, 0.05) is 67.0 Å². The first kappa shape index (κ1) is 33.9. The molecule has 1 unspecified atom stereocenters. The van der Waals surface area contributed by atoms with Gasteiger partial charge in [0.25, 0.3) is 5.91 Å². The number of hydrogen-bond donors (Lipinski definition) is 1. The average molecular weight is 685 g/mol. The second-order valence-corrected chi connectivity index (χ2v) is 14.6. The van der Waals surface area contributed by atoms with Gasteiger partial charge in [-0.05, 0) is 106 Å². The Morgan fingerprint density at radius 2 is 1.53 bits per heavy atom. The lowest BCUT2D eigenvalue weighted by atomic mass is 10.0. The molecule has 4 aliphatic rings. The molecule has 9 nitrogen and oxygen atoms in total. The molecule has 0 aromatic heterocycles. The second-order valence-electron chi connectivity index (χ2n) is 13.7. The van der Waals surface area contributed by atoms with E-state index >= 15 is 0 Å². The minimum atomic E-state index is -0.986. The normalized spacial score (nSPS) is 22.6. The summed E-state index contributed by atoms with van der Waals surface area (Å²) in [5, 5.41) is 3.99. The van der Waals surface area contributed by atoms with E-state index in [0.717, 1.165) is 55.1 Å². The first-order chi connectivity index (χ1) is 22.7. The Bertz CT molecular complexity index is 1410. The van der Waals surface area contributed by atoms with Crippen molar-refractivity contribution in [2.24, 2.45) is 5.92 Å². The van der Waals surface area contributed by atoms with Crippen LogP contribution in [0.2, 0.25) is 10.0 Å². The molecule has 4 amide bonds. The first-order valence-corrected chi connectivity index (χ1v) is 18.1. The number of fused-ring (bicyclic) bond motifs is 1. The van der Waals surface area contributed by atoms with Crippen molar-refractivity contribution in [3.05, 3.63) is 63.6 Å². The van der Waals surface area contributed by atoms with E-state index in [1.165, 1.54) is 19.3 Å². The number of nitrogens with one attached hydrogen (secondary N) is 1. The summed E-state index contributed by atoms with van der Waals surface area (Å²) >= 11 is 12.6. The maximum atomic E-state index is 14.0. The standard InChI is InChI=1S/C36H47Cl2N5O4/c1-25-5-4-14-40(15-8-25)30-10-16-41(17-11-30)34(44)33(23-26-21-28(37)24-29(38)22-26)47-36(46)42-18-12-31(13-19-42)43-20-9-27-6-2-3-7-32(27)39-35(43)45/h2-3,6-7,21-22,24-25,30-31,33H,4-5,8-20,23H2,1H3,(H,39,45)/t25?,33-/m1/s1. The summed E-state index contributed by atoms with van der Waals surface area (Å²) in [5.41, 5.74) is 2.73. The van der Waals surface area contributed by atoms with Gasteiger partial charge < -0.3 is 29.7 Å². The molecule has 11 heteroatoms. The van der Waals surface area contributed by atoms with E-state index in [-0.39, 0.29) is 24.4 Å². The molecule has 6 rings (SSSR count). The summed E-state index contributed by atoms with van der Waals surface area (Å²) in [6.07, 6.45) is 6.37. The minimum absolute atomic E-state index is 0.0214. The quantitative estimate of drug-likeness (QED) is 0.366. The molecule has 1 N–H and O–H groups in total. The third kappa shape index (κ3) is 8.54. The number of carbonyl (C=O) groups excluding carboxylic acids is 3. The van der Waals surface area contributed by atoms with Crippen LogP contribution >= 0.6 is 23.2 Å². The number of para-hydroxylation sites is 1. The molecule has 2 aromatic rings. The van der Waals surface area contributed by atoms with Gasteiger partial charge in [0.05, 0.1) is 0 Å². The lowest BCUT2D eigenvalue weighted by Crippen LogP contribution is -2.52. The summed E-state index contributed by atoms with van der Waals surface area (Å²) in [4.78, 5) is 48.7. The van der Waals surface area contributed by atoms with Crippen LogP contribution in [0.1, 0.15) is 63.0 Å². The second kappa shape index (κ2) is 15.5. The molecule has 0 bridgehead atoms. The van der Waals surface area contributed by atoms with E-state index in [0.29, 0.717) is 61.7 Å². The molecule has 2 atom stereocenters. The van der Waals surface area contributed by atoms with E-state index in [9.17, 15) is 14.4 Å². The van der Waals surface area contributed by atoms with Crippen LogP contribution in [0.5, 0.6) is 0 Å². The summed E-state index contributed by atoms with van der Waals surface area (Å²) in [5.74, 6) is 0.600. The highest BCUT2D eigenvalue weighted by Gasteiger charge is 2.36. The van der Waals surface area contributed by atoms with Gasteiger partial charge in [-0.3, -0.25) is 4.79 Å². The minimum Gasteiger partial charge on any atom is -0.436 e. The molecule has 3 saturated heterocycles. The molecule has 254 valence electrons. The van der Waals surface area contributed by atoms with E-state index in [4.69, 9.17) is 27.9 Å². The highest BCUT2D eigenvalue weighted by atomic mass is 35.5. The Hall–Kier alpha value is -3.01. The van der Waals surface area contributed by atoms with Gasteiger partial charge in [-0.1, -0.05) is 48.3 Å². The number of benzene rings is 2. The van der Waals surface area contributed by atoms with Gasteiger partial charge in [0.15, 0.2) is 6.10 Å². The van der Waals surface area contributed by atoms with Crippen LogP contribution in [0.4, 0.5) is 15.3 Å². The third-order valence-electron chi connectivity index (χ3n) is 10.5. The van der Waals surface area contributed by atoms with Gasteiger partial charge in [-0.25, -0.2) is 9.59 Å². The molecule has 0 radical (unpaired) electrons. The van der Waals surface area contributed by atoms with Crippen molar-refractivity contribution >= 4 is 46.9 Å². The van der Waals surface area contributed by atoms with Crippen LogP contribution < -0.4 is 5.32 Å².